The van der Waals surface area contributed by atoms with Crippen LogP contribution >= 0.6 is 0 Å². The Morgan fingerprint density at radius 1 is 0.846 bits per heavy atom. The van der Waals surface area contributed by atoms with Crippen LogP contribution in [0.2, 0.25) is 0 Å². The third kappa shape index (κ3) is 4.85. The SMILES string of the molecule is Fc1cccc([C@H]2CCCN2c2ccc3ncc(-c4cccc(N5CCN(C6CCNCC6)CC5)n4)n3n2)c1. The summed E-state index contributed by atoms with van der Waals surface area (Å²) in [7, 11) is 0. The Hall–Kier alpha value is -3.56. The number of imidazole rings is 1. The molecule has 3 saturated heterocycles. The molecule has 0 bridgehead atoms. The Morgan fingerprint density at radius 3 is 2.54 bits per heavy atom. The predicted octanol–water partition coefficient (Wildman–Crippen LogP) is 4.15. The van der Waals surface area contributed by atoms with E-state index in [1.54, 1.807) is 12.1 Å². The van der Waals surface area contributed by atoms with Crippen LogP contribution in [0.5, 0.6) is 0 Å². The van der Waals surface area contributed by atoms with Gasteiger partial charge in [-0.2, -0.15) is 0 Å². The fourth-order valence-electron chi connectivity index (χ4n) is 6.52. The summed E-state index contributed by atoms with van der Waals surface area (Å²) < 4.78 is 15.9. The van der Waals surface area contributed by atoms with Gasteiger partial charge in [-0.15, -0.1) is 5.10 Å². The van der Waals surface area contributed by atoms with Crippen molar-refractivity contribution in [2.45, 2.75) is 37.8 Å². The topological polar surface area (TPSA) is 64.8 Å². The number of piperazine rings is 1. The van der Waals surface area contributed by atoms with Crippen molar-refractivity contribution < 1.29 is 4.39 Å². The van der Waals surface area contributed by atoms with Crippen LogP contribution < -0.4 is 15.1 Å². The smallest absolute Gasteiger partial charge is 0.154 e. The van der Waals surface area contributed by atoms with Gasteiger partial charge in [-0.1, -0.05) is 18.2 Å². The number of fused-ring (bicyclic) bond motifs is 1. The molecule has 202 valence electrons. The summed E-state index contributed by atoms with van der Waals surface area (Å²) in [5.74, 6) is 1.69. The minimum Gasteiger partial charge on any atom is -0.354 e. The zero-order chi connectivity index (χ0) is 26.2. The minimum atomic E-state index is -0.196. The van der Waals surface area contributed by atoms with Crippen molar-refractivity contribution in [3.05, 3.63) is 72.2 Å². The second kappa shape index (κ2) is 10.5. The number of nitrogens with one attached hydrogen (secondary N) is 1. The Labute approximate surface area is 228 Å². The normalized spacial score (nSPS) is 21.2. The van der Waals surface area contributed by atoms with Crippen molar-refractivity contribution in [2.24, 2.45) is 0 Å². The van der Waals surface area contributed by atoms with E-state index in [2.05, 4.69) is 37.1 Å². The van der Waals surface area contributed by atoms with E-state index in [9.17, 15) is 4.39 Å². The molecule has 1 N–H and O–H groups in total. The maximum absolute atomic E-state index is 14.0. The lowest BCUT2D eigenvalue weighted by atomic mass is 10.0. The molecule has 3 aliphatic heterocycles. The van der Waals surface area contributed by atoms with Gasteiger partial charge in [0.2, 0.25) is 0 Å². The first-order valence-electron chi connectivity index (χ1n) is 14.3. The molecule has 9 heteroatoms. The molecule has 0 amide bonds. The summed E-state index contributed by atoms with van der Waals surface area (Å²) in [5.41, 5.74) is 3.53. The number of aromatic nitrogens is 4. The Morgan fingerprint density at radius 2 is 1.69 bits per heavy atom. The second-order valence-electron chi connectivity index (χ2n) is 10.9. The molecule has 3 aliphatic rings. The van der Waals surface area contributed by atoms with Crippen LogP contribution in [0.3, 0.4) is 0 Å². The lowest BCUT2D eigenvalue weighted by Crippen LogP contribution is -2.53. The van der Waals surface area contributed by atoms with Gasteiger partial charge < -0.3 is 15.1 Å². The monoisotopic (exact) mass is 526 g/mol. The quantitative estimate of drug-likeness (QED) is 0.419. The van der Waals surface area contributed by atoms with E-state index in [0.29, 0.717) is 6.04 Å². The number of anilines is 2. The molecule has 8 nitrogen and oxygen atoms in total. The number of pyridine rings is 1. The molecule has 3 fully saturated rings. The summed E-state index contributed by atoms with van der Waals surface area (Å²) in [6.07, 6.45) is 6.39. The molecule has 0 unspecified atom stereocenters. The Bertz CT molecular complexity index is 1440. The first-order valence-corrected chi connectivity index (χ1v) is 14.3. The van der Waals surface area contributed by atoms with Crippen molar-refractivity contribution in [1.82, 2.24) is 29.8 Å². The third-order valence-electron chi connectivity index (χ3n) is 8.59. The molecule has 1 atom stereocenters. The van der Waals surface area contributed by atoms with Gasteiger partial charge in [0.25, 0.3) is 0 Å². The van der Waals surface area contributed by atoms with Gasteiger partial charge in [0.05, 0.1) is 17.9 Å². The van der Waals surface area contributed by atoms with E-state index in [-0.39, 0.29) is 11.9 Å². The van der Waals surface area contributed by atoms with Crippen LogP contribution in [0.15, 0.2) is 60.8 Å². The van der Waals surface area contributed by atoms with E-state index >= 15 is 0 Å². The zero-order valence-corrected chi connectivity index (χ0v) is 22.2. The number of halogens is 1. The van der Waals surface area contributed by atoms with Crippen molar-refractivity contribution in [3.8, 4) is 11.4 Å². The largest absolute Gasteiger partial charge is 0.354 e. The van der Waals surface area contributed by atoms with Crippen LogP contribution in [0.1, 0.15) is 37.3 Å². The van der Waals surface area contributed by atoms with Gasteiger partial charge in [-0.05, 0) is 80.7 Å². The highest BCUT2D eigenvalue weighted by Gasteiger charge is 2.29. The molecule has 1 aromatic carbocycles. The summed E-state index contributed by atoms with van der Waals surface area (Å²) in [6.45, 7) is 7.30. The number of benzene rings is 1. The molecule has 0 radical (unpaired) electrons. The summed E-state index contributed by atoms with van der Waals surface area (Å²) in [5, 5.41) is 8.49. The second-order valence-corrected chi connectivity index (χ2v) is 10.9. The summed E-state index contributed by atoms with van der Waals surface area (Å²) in [6, 6.07) is 18.0. The molecule has 0 spiro atoms. The van der Waals surface area contributed by atoms with E-state index in [1.807, 2.05) is 35.0 Å². The van der Waals surface area contributed by atoms with Crippen molar-refractivity contribution >= 4 is 17.3 Å². The average Bonchev–Trinajstić information content (AvgIpc) is 3.65. The van der Waals surface area contributed by atoms with E-state index < -0.39 is 0 Å². The predicted molar refractivity (Wildman–Crippen MR) is 152 cm³/mol. The number of nitrogens with zero attached hydrogens (tertiary/aromatic N) is 7. The van der Waals surface area contributed by atoms with Gasteiger partial charge >= 0.3 is 0 Å². The van der Waals surface area contributed by atoms with E-state index in [4.69, 9.17) is 10.1 Å². The van der Waals surface area contributed by atoms with Crippen molar-refractivity contribution in [2.75, 3.05) is 55.6 Å². The molecule has 39 heavy (non-hydrogen) atoms. The van der Waals surface area contributed by atoms with Crippen LogP contribution in [-0.2, 0) is 0 Å². The van der Waals surface area contributed by atoms with E-state index in [1.165, 1.54) is 18.9 Å². The molecular formula is C30H35FN8. The zero-order valence-electron chi connectivity index (χ0n) is 22.2. The van der Waals surface area contributed by atoms with Crippen molar-refractivity contribution in [3.63, 3.8) is 0 Å². The highest BCUT2D eigenvalue weighted by Crippen LogP contribution is 2.36. The number of piperidine rings is 1. The van der Waals surface area contributed by atoms with Gasteiger partial charge in [0.1, 0.15) is 23.1 Å². The van der Waals surface area contributed by atoms with Crippen LogP contribution in [-0.4, -0.2) is 76.3 Å². The number of hydrogen-bond acceptors (Lipinski definition) is 7. The molecule has 7 rings (SSSR count). The van der Waals surface area contributed by atoms with Gasteiger partial charge in [-0.25, -0.2) is 18.9 Å². The van der Waals surface area contributed by atoms with E-state index in [0.717, 1.165) is 92.9 Å². The fourth-order valence-corrected chi connectivity index (χ4v) is 6.52. The highest BCUT2D eigenvalue weighted by atomic mass is 19.1. The van der Waals surface area contributed by atoms with Crippen molar-refractivity contribution in [1.29, 1.82) is 0 Å². The van der Waals surface area contributed by atoms with Crippen LogP contribution in [0.4, 0.5) is 16.0 Å². The first-order chi connectivity index (χ1) is 19.2. The molecule has 4 aromatic rings. The highest BCUT2D eigenvalue weighted by molar-refractivity contribution is 5.62. The first kappa shape index (κ1) is 24.5. The van der Waals surface area contributed by atoms with Crippen LogP contribution in [0, 0.1) is 5.82 Å². The summed E-state index contributed by atoms with van der Waals surface area (Å²) >= 11 is 0. The Balaban J connectivity index is 1.13. The maximum atomic E-state index is 14.0. The molecular weight excluding hydrogens is 491 g/mol. The maximum Gasteiger partial charge on any atom is 0.154 e. The summed E-state index contributed by atoms with van der Waals surface area (Å²) in [4.78, 5) is 17.0. The lowest BCUT2D eigenvalue weighted by molar-refractivity contribution is 0.153. The molecule has 0 aliphatic carbocycles. The number of rotatable bonds is 5. The van der Waals surface area contributed by atoms with Gasteiger partial charge in [-0.3, -0.25) is 4.90 Å². The standard InChI is InChI=1S/C30H35FN8/c31-23-5-1-4-22(20-23)26-7-3-15-38(26)30-10-9-28-33-21-27(39(28)35-30)25-6-2-8-29(34-25)37-18-16-36(17-19-37)24-11-13-32-14-12-24/h1-2,4-6,8-10,20-21,24,26,32H,3,7,11-19H2/t26-/m1/s1. The fraction of sp³-hybridized carbons (Fsp3) is 0.433. The molecule has 3 aromatic heterocycles. The molecule has 6 heterocycles. The Kier molecular flexibility index (Phi) is 6.62. The van der Waals surface area contributed by atoms with Gasteiger partial charge in [0.15, 0.2) is 5.65 Å². The lowest BCUT2D eigenvalue weighted by Gasteiger charge is -2.41. The molecule has 0 saturated carbocycles. The van der Waals surface area contributed by atoms with Gasteiger partial charge in [0, 0.05) is 38.8 Å². The third-order valence-corrected chi connectivity index (χ3v) is 8.59. The number of hydrogen-bond donors (Lipinski definition) is 1. The average molecular weight is 527 g/mol. The van der Waals surface area contributed by atoms with Crippen LogP contribution in [0.25, 0.3) is 17.0 Å². The minimum absolute atomic E-state index is 0.114.